The molecule has 8 nitrogen and oxygen atoms in total. The number of carbonyl (C=O) groups excluding carboxylic acids is 1. The number of aryl methyl sites for hydroxylation is 1. The molecule has 0 bridgehead atoms. The molecule has 146 valence electrons. The maximum Gasteiger partial charge on any atom is 0.387 e. The van der Waals surface area contributed by atoms with Crippen molar-refractivity contribution in [2.45, 2.75) is 19.6 Å². The molecule has 0 radical (unpaired) electrons. The molecule has 1 N–H and O–H groups in total. The van der Waals surface area contributed by atoms with Gasteiger partial charge in [0.05, 0.1) is 19.0 Å². The number of methoxy groups -OCH3 is 1. The normalized spacial score (nSPS) is 10.9. The molecular formula is C18H16F2N4O4. The van der Waals surface area contributed by atoms with Gasteiger partial charge in [-0.15, -0.1) is 5.10 Å². The van der Waals surface area contributed by atoms with Gasteiger partial charge < -0.3 is 14.8 Å². The Morgan fingerprint density at radius 1 is 1.21 bits per heavy atom. The first-order valence-corrected chi connectivity index (χ1v) is 8.23. The highest BCUT2D eigenvalue weighted by molar-refractivity contribution is 5.91. The molecule has 28 heavy (non-hydrogen) atoms. The van der Waals surface area contributed by atoms with Crippen molar-refractivity contribution in [3.63, 3.8) is 0 Å². The summed E-state index contributed by atoms with van der Waals surface area (Å²) >= 11 is 0. The lowest BCUT2D eigenvalue weighted by Gasteiger charge is -2.12. The predicted molar refractivity (Wildman–Crippen MR) is 96.7 cm³/mol. The van der Waals surface area contributed by atoms with Gasteiger partial charge in [0.2, 0.25) is 5.91 Å². The van der Waals surface area contributed by atoms with E-state index in [0.29, 0.717) is 10.9 Å². The van der Waals surface area contributed by atoms with Crippen molar-refractivity contribution in [1.82, 2.24) is 15.0 Å². The van der Waals surface area contributed by atoms with E-state index >= 15 is 0 Å². The van der Waals surface area contributed by atoms with Crippen LogP contribution in [0.5, 0.6) is 11.5 Å². The van der Waals surface area contributed by atoms with Crippen LogP contribution in [0, 0.1) is 0 Å². The summed E-state index contributed by atoms with van der Waals surface area (Å²) in [5.41, 5.74) is 0.367. The van der Waals surface area contributed by atoms with Crippen LogP contribution in [-0.2, 0) is 11.3 Å². The van der Waals surface area contributed by atoms with Crippen LogP contribution < -0.4 is 20.3 Å². The van der Waals surface area contributed by atoms with Crippen LogP contribution in [0.4, 0.5) is 14.5 Å². The zero-order valence-corrected chi connectivity index (χ0v) is 14.8. The topological polar surface area (TPSA) is 95.3 Å². The minimum Gasteiger partial charge on any atom is -0.493 e. The molecule has 0 saturated carbocycles. The minimum absolute atomic E-state index is 0.0129. The van der Waals surface area contributed by atoms with Gasteiger partial charge in [0.15, 0.2) is 11.5 Å². The lowest BCUT2D eigenvalue weighted by molar-refractivity contribution is -0.116. The van der Waals surface area contributed by atoms with Crippen LogP contribution in [0.3, 0.4) is 0 Å². The zero-order chi connectivity index (χ0) is 20.1. The molecule has 1 aromatic heterocycles. The monoisotopic (exact) mass is 390 g/mol. The Labute approximate surface area is 157 Å². The van der Waals surface area contributed by atoms with Crippen molar-refractivity contribution in [2.24, 2.45) is 0 Å². The molecule has 1 heterocycles. The number of nitrogens with one attached hydrogen (secondary N) is 1. The smallest absolute Gasteiger partial charge is 0.387 e. The van der Waals surface area contributed by atoms with Gasteiger partial charge in [0, 0.05) is 18.2 Å². The average Bonchev–Trinajstić information content (AvgIpc) is 2.67. The number of ether oxygens (including phenoxy) is 2. The van der Waals surface area contributed by atoms with Crippen LogP contribution in [0.15, 0.2) is 47.3 Å². The molecule has 0 aliphatic heterocycles. The number of nitrogens with zero attached hydrogens (tertiary/aromatic N) is 3. The van der Waals surface area contributed by atoms with E-state index in [2.05, 4.69) is 20.4 Å². The summed E-state index contributed by atoms with van der Waals surface area (Å²) in [7, 11) is 1.31. The molecule has 0 spiro atoms. The number of alkyl halides is 2. The number of amides is 1. The molecule has 0 saturated heterocycles. The fourth-order valence-electron chi connectivity index (χ4n) is 2.54. The number of anilines is 1. The predicted octanol–water partition coefficient (Wildman–Crippen LogP) is 2.43. The third-order valence-corrected chi connectivity index (χ3v) is 3.84. The molecule has 0 aliphatic carbocycles. The molecule has 0 atom stereocenters. The number of carbonyl (C=O) groups is 1. The Morgan fingerprint density at radius 3 is 2.75 bits per heavy atom. The summed E-state index contributed by atoms with van der Waals surface area (Å²) in [6.45, 7) is -3.02. The number of hydrogen-bond acceptors (Lipinski definition) is 6. The highest BCUT2D eigenvalue weighted by atomic mass is 19.3. The largest absolute Gasteiger partial charge is 0.493 e. The van der Waals surface area contributed by atoms with Gasteiger partial charge in [0.1, 0.15) is 5.52 Å². The second-order valence-corrected chi connectivity index (χ2v) is 5.68. The third kappa shape index (κ3) is 4.40. The molecule has 10 heteroatoms. The van der Waals surface area contributed by atoms with Gasteiger partial charge in [-0.1, -0.05) is 17.3 Å². The lowest BCUT2D eigenvalue weighted by Crippen LogP contribution is -2.26. The standard InChI is InChI=1S/C18H16F2N4O4/c1-27-14-7-6-11(10-15(14)28-18(19)20)21-16(25)8-9-24-17(26)12-4-2-3-5-13(12)22-23-24/h2-7,10,18H,8-9H2,1H3,(H,21,25). The van der Waals surface area contributed by atoms with Crippen molar-refractivity contribution in [2.75, 3.05) is 12.4 Å². The molecule has 1 amide bonds. The fraction of sp³-hybridized carbons (Fsp3) is 0.222. The molecular weight excluding hydrogens is 374 g/mol. The average molecular weight is 390 g/mol. The Balaban J connectivity index is 1.68. The van der Waals surface area contributed by atoms with Crippen molar-refractivity contribution in [1.29, 1.82) is 0 Å². The van der Waals surface area contributed by atoms with Gasteiger partial charge in [-0.3, -0.25) is 9.59 Å². The Bertz CT molecular complexity index is 1060. The zero-order valence-electron chi connectivity index (χ0n) is 14.8. The van der Waals surface area contributed by atoms with Crippen molar-refractivity contribution >= 4 is 22.5 Å². The summed E-state index contributed by atoms with van der Waals surface area (Å²) in [6, 6.07) is 10.9. The first kappa shape index (κ1) is 19.2. The van der Waals surface area contributed by atoms with E-state index in [4.69, 9.17) is 4.74 Å². The molecule has 3 aromatic rings. The Hall–Kier alpha value is -3.56. The Kier molecular flexibility index (Phi) is 5.78. The van der Waals surface area contributed by atoms with E-state index < -0.39 is 12.5 Å². The molecule has 0 fully saturated rings. The van der Waals surface area contributed by atoms with Gasteiger partial charge in [-0.05, 0) is 24.3 Å². The fourth-order valence-corrected chi connectivity index (χ4v) is 2.54. The first-order valence-electron chi connectivity index (χ1n) is 8.23. The molecule has 0 unspecified atom stereocenters. The minimum atomic E-state index is -3.03. The van der Waals surface area contributed by atoms with E-state index in [1.165, 1.54) is 25.3 Å². The van der Waals surface area contributed by atoms with E-state index in [-0.39, 0.29) is 35.7 Å². The van der Waals surface area contributed by atoms with Gasteiger partial charge in [0.25, 0.3) is 5.56 Å². The Morgan fingerprint density at radius 2 is 2.00 bits per heavy atom. The highest BCUT2D eigenvalue weighted by Gasteiger charge is 2.13. The van der Waals surface area contributed by atoms with E-state index in [9.17, 15) is 18.4 Å². The van der Waals surface area contributed by atoms with Gasteiger partial charge in [-0.25, -0.2) is 4.68 Å². The number of fused-ring (bicyclic) bond motifs is 1. The van der Waals surface area contributed by atoms with Crippen molar-refractivity contribution < 1.29 is 23.0 Å². The summed E-state index contributed by atoms with van der Waals surface area (Å²) in [4.78, 5) is 24.5. The lowest BCUT2D eigenvalue weighted by atomic mass is 10.2. The molecule has 3 rings (SSSR count). The maximum absolute atomic E-state index is 12.5. The number of hydrogen-bond donors (Lipinski definition) is 1. The van der Waals surface area contributed by atoms with Crippen LogP contribution in [0.25, 0.3) is 10.9 Å². The van der Waals surface area contributed by atoms with E-state index in [1.807, 2.05) is 0 Å². The number of halogens is 2. The molecule has 0 aliphatic rings. The van der Waals surface area contributed by atoms with Gasteiger partial charge >= 0.3 is 6.61 Å². The van der Waals surface area contributed by atoms with Crippen LogP contribution in [-0.4, -0.2) is 34.6 Å². The van der Waals surface area contributed by atoms with Crippen LogP contribution in [0.1, 0.15) is 6.42 Å². The van der Waals surface area contributed by atoms with Crippen molar-refractivity contribution in [3.05, 3.63) is 52.8 Å². The second kappa shape index (κ2) is 8.42. The van der Waals surface area contributed by atoms with Crippen LogP contribution in [0.2, 0.25) is 0 Å². The summed E-state index contributed by atoms with van der Waals surface area (Å²) in [5, 5.41) is 10.7. The third-order valence-electron chi connectivity index (χ3n) is 3.84. The van der Waals surface area contributed by atoms with Crippen LogP contribution >= 0.6 is 0 Å². The number of aromatic nitrogens is 3. The second-order valence-electron chi connectivity index (χ2n) is 5.68. The van der Waals surface area contributed by atoms with Gasteiger partial charge in [-0.2, -0.15) is 8.78 Å². The number of benzene rings is 2. The maximum atomic E-state index is 12.5. The van der Waals surface area contributed by atoms with Crippen molar-refractivity contribution in [3.8, 4) is 11.5 Å². The molecule has 2 aromatic carbocycles. The summed E-state index contributed by atoms with van der Waals surface area (Å²) in [6.07, 6.45) is -0.0655. The van der Waals surface area contributed by atoms with E-state index in [1.54, 1.807) is 24.3 Å². The van der Waals surface area contributed by atoms with E-state index in [0.717, 1.165) is 4.68 Å². The quantitative estimate of drug-likeness (QED) is 0.666. The number of rotatable bonds is 7. The first-order chi connectivity index (χ1) is 13.5. The summed E-state index contributed by atoms with van der Waals surface area (Å²) < 4.78 is 35.4. The summed E-state index contributed by atoms with van der Waals surface area (Å²) in [5.74, 6) is -0.529. The SMILES string of the molecule is COc1ccc(NC(=O)CCn2nnc3ccccc3c2=O)cc1OC(F)F. The highest BCUT2D eigenvalue weighted by Crippen LogP contribution is 2.31.